The zero-order valence-corrected chi connectivity index (χ0v) is 6.41. The molecule has 0 atom stereocenters. The largest absolute Gasteiger partial charge is 0.478 e. The van der Waals surface area contributed by atoms with E-state index in [4.69, 9.17) is 5.11 Å². The van der Waals surface area contributed by atoms with Gasteiger partial charge in [0.05, 0.1) is 0 Å². The molecule has 0 aliphatic rings. The van der Waals surface area contributed by atoms with Gasteiger partial charge in [0.15, 0.2) is 0 Å². The van der Waals surface area contributed by atoms with Crippen LogP contribution >= 0.6 is 28.3 Å². The van der Waals surface area contributed by atoms with E-state index in [9.17, 15) is 4.79 Å². The molecule has 0 bridgehead atoms. The normalized spacial score (nSPS) is 8.62. The lowest BCUT2D eigenvalue weighted by atomic mass is 10.5. The molecule has 0 heterocycles. The summed E-state index contributed by atoms with van der Waals surface area (Å²) in [7, 11) is 0. The number of hydrogen-bond acceptors (Lipinski definition) is 1. The second kappa shape index (κ2) is 6.98. The molecule has 1 N–H and O–H groups in total. The van der Waals surface area contributed by atoms with Crippen LogP contribution < -0.4 is 0 Å². The van der Waals surface area contributed by atoms with E-state index < -0.39 is 5.97 Å². The Hall–Kier alpha value is -0.0200. The first-order chi connectivity index (χ1) is 3.27. The van der Waals surface area contributed by atoms with Gasteiger partial charge in [-0.2, -0.15) is 0 Å². The van der Waals surface area contributed by atoms with Crippen molar-refractivity contribution in [1.82, 2.24) is 0 Å². The minimum Gasteiger partial charge on any atom is -0.478 e. The van der Waals surface area contributed by atoms with E-state index >= 15 is 0 Å². The first-order valence-electron chi connectivity index (χ1n) is 1.73. The Bertz CT molecular complexity index is 92.0. The predicted octanol–water partition coefficient (Wildman–Crippen LogP) is 1.44. The smallest absolute Gasteiger partial charge is 0.328 e. The van der Waals surface area contributed by atoms with Gasteiger partial charge in [-0.05, 0) is 0 Å². The summed E-state index contributed by atoms with van der Waals surface area (Å²) in [5, 5.41) is 8.53. The molecule has 2 nitrogen and oxygen atoms in total. The maximum Gasteiger partial charge on any atom is 0.328 e. The highest BCUT2D eigenvalue weighted by Gasteiger charge is 1.79. The molecule has 0 amide bonds. The summed E-state index contributed by atoms with van der Waals surface area (Å²) >= 11 is 3.03. The quantitative estimate of drug-likeness (QED) is 0.542. The van der Waals surface area contributed by atoms with Crippen LogP contribution in [0.25, 0.3) is 0 Å². The summed E-state index contributed by atoms with van der Waals surface area (Å²) in [6.45, 7) is 0. The standard InChI is InChI=1S/C4H5BrO2.ClH/c5-3-1-2-4(6)7;/h1-2H,3H2,(H,6,7);1H. The summed E-state index contributed by atoms with van der Waals surface area (Å²) in [4.78, 5) is 9.65. The zero-order chi connectivity index (χ0) is 5.70. The van der Waals surface area contributed by atoms with Crippen molar-refractivity contribution in [2.45, 2.75) is 0 Å². The van der Waals surface area contributed by atoms with Crippen molar-refractivity contribution in [3.05, 3.63) is 12.2 Å². The van der Waals surface area contributed by atoms with Crippen LogP contribution in [0.5, 0.6) is 0 Å². The topological polar surface area (TPSA) is 37.3 Å². The van der Waals surface area contributed by atoms with E-state index in [0.29, 0.717) is 5.33 Å². The third-order valence-corrected chi connectivity index (χ3v) is 0.723. The Morgan fingerprint density at radius 1 is 1.75 bits per heavy atom. The van der Waals surface area contributed by atoms with E-state index in [1.54, 1.807) is 0 Å². The first-order valence-corrected chi connectivity index (χ1v) is 2.85. The molecule has 48 valence electrons. The highest BCUT2D eigenvalue weighted by molar-refractivity contribution is 9.09. The van der Waals surface area contributed by atoms with Crippen LogP contribution in [0.2, 0.25) is 0 Å². The Morgan fingerprint density at radius 3 is 2.38 bits per heavy atom. The predicted molar refractivity (Wildman–Crippen MR) is 37.8 cm³/mol. The minimum absolute atomic E-state index is 0. The van der Waals surface area contributed by atoms with Gasteiger partial charge >= 0.3 is 5.97 Å². The molecule has 0 fully saturated rings. The van der Waals surface area contributed by atoms with Gasteiger partial charge in [-0.3, -0.25) is 0 Å². The van der Waals surface area contributed by atoms with Gasteiger partial charge in [-0.15, -0.1) is 12.4 Å². The van der Waals surface area contributed by atoms with Crippen molar-refractivity contribution in [3.63, 3.8) is 0 Å². The Balaban J connectivity index is 0. The third-order valence-electron chi connectivity index (χ3n) is 0.350. The van der Waals surface area contributed by atoms with Gasteiger partial charge in [0, 0.05) is 11.4 Å². The number of alkyl halides is 1. The van der Waals surface area contributed by atoms with E-state index in [0.717, 1.165) is 6.08 Å². The number of carboxylic acid groups (broad SMARTS) is 1. The Kier molecular flexibility index (Phi) is 9.49. The molecular formula is C4H6BrClO2. The van der Waals surface area contributed by atoms with Crippen molar-refractivity contribution in [2.24, 2.45) is 0 Å². The van der Waals surface area contributed by atoms with Crippen molar-refractivity contribution in [2.75, 3.05) is 5.33 Å². The van der Waals surface area contributed by atoms with Crippen LogP contribution in [0.4, 0.5) is 0 Å². The maximum absolute atomic E-state index is 9.65. The highest BCUT2D eigenvalue weighted by Crippen LogP contribution is 1.79. The fourth-order valence-electron chi connectivity index (χ4n) is 0.145. The van der Waals surface area contributed by atoms with Gasteiger partial charge in [0.25, 0.3) is 0 Å². The van der Waals surface area contributed by atoms with Crippen molar-refractivity contribution in [3.8, 4) is 0 Å². The summed E-state index contributed by atoms with van der Waals surface area (Å²) in [5.74, 6) is -0.903. The lowest BCUT2D eigenvalue weighted by molar-refractivity contribution is -0.131. The molecular weight excluding hydrogens is 195 g/mol. The average Bonchev–Trinajstić information content (AvgIpc) is 1.61. The van der Waals surface area contributed by atoms with Crippen LogP contribution in [0, 0.1) is 0 Å². The molecule has 0 saturated heterocycles. The molecule has 0 aliphatic carbocycles. The van der Waals surface area contributed by atoms with Gasteiger partial charge in [0.2, 0.25) is 0 Å². The van der Waals surface area contributed by atoms with Crippen LogP contribution in [0.1, 0.15) is 0 Å². The molecule has 0 saturated carbocycles. The molecule has 0 aromatic rings. The summed E-state index contributed by atoms with van der Waals surface area (Å²) in [5.41, 5.74) is 0. The number of allylic oxidation sites excluding steroid dienone is 1. The summed E-state index contributed by atoms with van der Waals surface area (Å²) < 4.78 is 0. The second-order valence-electron chi connectivity index (χ2n) is 0.895. The zero-order valence-electron chi connectivity index (χ0n) is 4.00. The molecule has 0 spiro atoms. The van der Waals surface area contributed by atoms with Crippen LogP contribution in [0.15, 0.2) is 12.2 Å². The lowest BCUT2D eigenvalue weighted by Gasteiger charge is -1.72. The lowest BCUT2D eigenvalue weighted by Crippen LogP contribution is -1.84. The van der Waals surface area contributed by atoms with E-state index in [1.165, 1.54) is 6.08 Å². The van der Waals surface area contributed by atoms with Crippen molar-refractivity contribution < 1.29 is 9.90 Å². The monoisotopic (exact) mass is 200 g/mol. The van der Waals surface area contributed by atoms with Gasteiger partial charge < -0.3 is 5.11 Å². The van der Waals surface area contributed by atoms with Crippen molar-refractivity contribution in [1.29, 1.82) is 0 Å². The number of rotatable bonds is 2. The molecule has 0 aromatic heterocycles. The third kappa shape index (κ3) is 9.36. The first kappa shape index (κ1) is 10.9. The molecule has 0 unspecified atom stereocenters. The number of carbonyl (C=O) groups is 1. The molecule has 0 aliphatic heterocycles. The second-order valence-corrected chi connectivity index (χ2v) is 1.54. The minimum atomic E-state index is -0.903. The highest BCUT2D eigenvalue weighted by atomic mass is 79.9. The van der Waals surface area contributed by atoms with Crippen molar-refractivity contribution >= 4 is 34.3 Å². The van der Waals surface area contributed by atoms with E-state index in [1.807, 2.05) is 0 Å². The number of aliphatic carboxylic acids is 1. The SMILES string of the molecule is Cl.O=C(O)C=CCBr. The summed E-state index contributed by atoms with van der Waals surface area (Å²) in [6, 6.07) is 0. The molecule has 0 radical (unpaired) electrons. The molecule has 8 heavy (non-hydrogen) atoms. The van der Waals surface area contributed by atoms with Gasteiger partial charge in [-0.25, -0.2) is 4.79 Å². The molecule has 0 aromatic carbocycles. The Labute approximate surface area is 62.1 Å². The number of halogens is 2. The fraction of sp³-hybridized carbons (Fsp3) is 0.250. The molecule has 0 rings (SSSR count). The van der Waals surface area contributed by atoms with Gasteiger partial charge in [0.1, 0.15) is 0 Å². The number of carboxylic acids is 1. The average molecular weight is 201 g/mol. The van der Waals surface area contributed by atoms with E-state index in [-0.39, 0.29) is 12.4 Å². The number of hydrogen-bond donors (Lipinski definition) is 1. The van der Waals surface area contributed by atoms with Gasteiger partial charge in [-0.1, -0.05) is 22.0 Å². The fourth-order valence-corrected chi connectivity index (χ4v) is 0.332. The Morgan fingerprint density at radius 2 is 2.25 bits per heavy atom. The van der Waals surface area contributed by atoms with Crippen LogP contribution in [-0.2, 0) is 4.79 Å². The summed E-state index contributed by atoms with van der Waals surface area (Å²) in [6.07, 6.45) is 2.61. The molecule has 4 heteroatoms. The van der Waals surface area contributed by atoms with E-state index in [2.05, 4.69) is 15.9 Å². The van der Waals surface area contributed by atoms with Crippen LogP contribution in [-0.4, -0.2) is 16.4 Å². The maximum atomic E-state index is 9.65. The van der Waals surface area contributed by atoms with Crippen LogP contribution in [0.3, 0.4) is 0 Å².